The summed E-state index contributed by atoms with van der Waals surface area (Å²) in [5, 5.41) is 20.7. The van der Waals surface area contributed by atoms with E-state index in [-0.39, 0.29) is 25.3 Å². The molecule has 1 aliphatic heterocycles. The number of halogens is 1. The number of fused-ring (bicyclic) bond motifs is 1. The molecule has 2 heterocycles. The molecule has 154 valence electrons. The Bertz CT molecular complexity index is 1060. The minimum absolute atomic E-state index is 0.109. The van der Waals surface area contributed by atoms with Crippen LogP contribution in [0.25, 0.3) is 0 Å². The van der Waals surface area contributed by atoms with Crippen LogP contribution in [0, 0.1) is 5.82 Å². The van der Waals surface area contributed by atoms with Gasteiger partial charge in [0, 0.05) is 19.6 Å². The summed E-state index contributed by atoms with van der Waals surface area (Å²) >= 11 is 0. The molecule has 1 aromatic carbocycles. The molecule has 1 fully saturated rings. The lowest BCUT2D eigenvalue weighted by atomic mass is 9.92. The van der Waals surface area contributed by atoms with E-state index in [9.17, 15) is 29.0 Å². The van der Waals surface area contributed by atoms with Crippen molar-refractivity contribution in [1.29, 1.82) is 0 Å². The number of aliphatic hydroxyl groups is 1. The quantitative estimate of drug-likeness (QED) is 0.795. The second-order valence-corrected chi connectivity index (χ2v) is 7.58. The Kier molecular flexibility index (Phi) is 4.99. The molecule has 1 aromatic heterocycles. The van der Waals surface area contributed by atoms with Crippen molar-refractivity contribution in [2.24, 2.45) is 0 Å². The molecular formula is C20H22FN3O5. The third kappa shape index (κ3) is 3.35. The molecule has 2 aromatic rings. The van der Waals surface area contributed by atoms with Gasteiger partial charge in [-0.2, -0.15) is 0 Å². The molecule has 1 saturated carbocycles. The number of carbonyl (C=O) groups is 1. The highest BCUT2D eigenvalue weighted by Crippen LogP contribution is 2.28. The fourth-order valence-electron chi connectivity index (χ4n) is 4.20. The van der Waals surface area contributed by atoms with Crippen molar-refractivity contribution in [3.05, 3.63) is 62.2 Å². The van der Waals surface area contributed by atoms with E-state index in [0.717, 1.165) is 22.0 Å². The first-order valence-electron chi connectivity index (χ1n) is 9.68. The van der Waals surface area contributed by atoms with Gasteiger partial charge in [0.15, 0.2) is 5.69 Å². The number of benzene rings is 1. The molecule has 2 N–H and O–H groups in total. The van der Waals surface area contributed by atoms with Crippen LogP contribution >= 0.6 is 0 Å². The lowest BCUT2D eigenvalue weighted by Gasteiger charge is -2.33. The van der Waals surface area contributed by atoms with E-state index in [1.165, 1.54) is 17.0 Å². The summed E-state index contributed by atoms with van der Waals surface area (Å²) in [6.45, 7) is 0.475. The van der Waals surface area contributed by atoms with E-state index in [1.807, 2.05) is 0 Å². The van der Waals surface area contributed by atoms with E-state index >= 15 is 0 Å². The highest BCUT2D eigenvalue weighted by molar-refractivity contribution is 5.95. The minimum Gasteiger partial charge on any atom is -0.501 e. The first-order valence-corrected chi connectivity index (χ1v) is 9.68. The predicted octanol–water partition coefficient (Wildman–Crippen LogP) is 0.987. The van der Waals surface area contributed by atoms with Gasteiger partial charge in [-0.15, -0.1) is 0 Å². The van der Waals surface area contributed by atoms with Gasteiger partial charge in [0.05, 0.1) is 12.1 Å². The summed E-state index contributed by atoms with van der Waals surface area (Å²) in [4.78, 5) is 40.0. The molecule has 0 saturated heterocycles. The van der Waals surface area contributed by atoms with Crippen molar-refractivity contribution in [2.45, 2.75) is 50.9 Å². The van der Waals surface area contributed by atoms with Gasteiger partial charge in [0.2, 0.25) is 5.75 Å². The zero-order chi connectivity index (χ0) is 20.7. The molecule has 2 atom stereocenters. The molecule has 0 unspecified atom stereocenters. The molecule has 1 amide bonds. The third-order valence-corrected chi connectivity index (χ3v) is 5.75. The average molecular weight is 403 g/mol. The van der Waals surface area contributed by atoms with Gasteiger partial charge in [-0.05, 0) is 30.5 Å². The predicted molar refractivity (Wildman–Crippen MR) is 101 cm³/mol. The number of amides is 1. The standard InChI is InChI=1S/C20H22FN3O5/c21-13-7-5-12(6-8-13)11-22-9-10-23-16(18(22)27)17(26)19(28)24(20(23)29)14-3-1-2-4-15(14)25/h5-8,14-15,25-26H,1-4,9-11H2/t14-,15+/m0/s1. The fourth-order valence-corrected chi connectivity index (χ4v) is 4.20. The van der Waals surface area contributed by atoms with Gasteiger partial charge in [-0.3, -0.25) is 18.7 Å². The zero-order valence-corrected chi connectivity index (χ0v) is 15.8. The molecule has 1 aliphatic carbocycles. The van der Waals surface area contributed by atoms with Crippen molar-refractivity contribution < 1.29 is 19.4 Å². The lowest BCUT2D eigenvalue weighted by molar-refractivity contribution is 0.0634. The first kappa shape index (κ1) is 19.4. The van der Waals surface area contributed by atoms with Crippen molar-refractivity contribution in [2.75, 3.05) is 6.54 Å². The van der Waals surface area contributed by atoms with Gasteiger partial charge in [0.1, 0.15) is 5.82 Å². The maximum absolute atomic E-state index is 13.1. The Morgan fingerprint density at radius 2 is 1.72 bits per heavy atom. The molecular weight excluding hydrogens is 381 g/mol. The van der Waals surface area contributed by atoms with E-state index in [1.54, 1.807) is 12.1 Å². The summed E-state index contributed by atoms with van der Waals surface area (Å²) in [6, 6.07) is 4.96. The summed E-state index contributed by atoms with van der Waals surface area (Å²) in [5.41, 5.74) is -1.30. The van der Waals surface area contributed by atoms with Crippen LogP contribution in [0.15, 0.2) is 33.9 Å². The maximum Gasteiger partial charge on any atom is 0.332 e. The molecule has 0 bridgehead atoms. The number of aromatic nitrogens is 2. The lowest BCUT2D eigenvalue weighted by Crippen LogP contribution is -2.52. The van der Waals surface area contributed by atoms with Crippen molar-refractivity contribution >= 4 is 5.91 Å². The van der Waals surface area contributed by atoms with Gasteiger partial charge >= 0.3 is 5.69 Å². The van der Waals surface area contributed by atoms with Gasteiger partial charge in [-0.25, -0.2) is 9.18 Å². The van der Waals surface area contributed by atoms with Crippen LogP contribution in [0.1, 0.15) is 47.8 Å². The topological polar surface area (TPSA) is 105 Å². The number of aliphatic hydroxyl groups excluding tert-OH is 1. The Balaban J connectivity index is 1.71. The minimum atomic E-state index is -0.954. The highest BCUT2D eigenvalue weighted by atomic mass is 19.1. The van der Waals surface area contributed by atoms with E-state index in [4.69, 9.17) is 0 Å². The average Bonchev–Trinajstić information content (AvgIpc) is 2.71. The summed E-state index contributed by atoms with van der Waals surface area (Å²) in [7, 11) is 0. The number of rotatable bonds is 3. The van der Waals surface area contributed by atoms with Crippen molar-refractivity contribution in [1.82, 2.24) is 14.0 Å². The summed E-state index contributed by atoms with van der Waals surface area (Å²) in [6.07, 6.45) is 1.66. The van der Waals surface area contributed by atoms with Crippen LogP contribution < -0.4 is 11.2 Å². The number of aromatic hydroxyl groups is 1. The van der Waals surface area contributed by atoms with Crippen LogP contribution in [0.2, 0.25) is 0 Å². The van der Waals surface area contributed by atoms with Gasteiger partial charge in [-0.1, -0.05) is 25.0 Å². The zero-order valence-electron chi connectivity index (χ0n) is 15.8. The second kappa shape index (κ2) is 7.47. The Morgan fingerprint density at radius 3 is 2.41 bits per heavy atom. The summed E-state index contributed by atoms with van der Waals surface area (Å²) in [5.74, 6) is -1.81. The van der Waals surface area contributed by atoms with E-state index < -0.39 is 40.9 Å². The second-order valence-electron chi connectivity index (χ2n) is 7.58. The first-order chi connectivity index (χ1) is 13.9. The molecule has 29 heavy (non-hydrogen) atoms. The molecule has 8 nitrogen and oxygen atoms in total. The molecule has 4 rings (SSSR count). The van der Waals surface area contributed by atoms with Crippen LogP contribution in [0.5, 0.6) is 5.75 Å². The van der Waals surface area contributed by atoms with Gasteiger partial charge < -0.3 is 15.1 Å². The molecule has 9 heteroatoms. The Hall–Kier alpha value is -2.94. The van der Waals surface area contributed by atoms with Crippen LogP contribution in [-0.4, -0.2) is 42.8 Å². The Morgan fingerprint density at radius 1 is 1.03 bits per heavy atom. The van der Waals surface area contributed by atoms with E-state index in [2.05, 4.69) is 0 Å². The Labute approximate surface area is 165 Å². The number of carbonyl (C=O) groups excluding carboxylic acids is 1. The highest BCUT2D eigenvalue weighted by Gasteiger charge is 2.35. The smallest absolute Gasteiger partial charge is 0.332 e. The van der Waals surface area contributed by atoms with Crippen LogP contribution in [-0.2, 0) is 13.1 Å². The fraction of sp³-hybridized carbons (Fsp3) is 0.450. The number of hydrogen-bond donors (Lipinski definition) is 2. The molecule has 0 radical (unpaired) electrons. The molecule has 0 spiro atoms. The number of nitrogens with zero attached hydrogens (tertiary/aromatic N) is 3. The van der Waals surface area contributed by atoms with Gasteiger partial charge in [0.25, 0.3) is 11.5 Å². The van der Waals surface area contributed by atoms with E-state index in [0.29, 0.717) is 18.4 Å². The largest absolute Gasteiger partial charge is 0.501 e. The van der Waals surface area contributed by atoms with Crippen molar-refractivity contribution in [3.63, 3.8) is 0 Å². The SMILES string of the molecule is O=C1c2c(O)c(=O)n([C@H]3CCCC[C@H]3O)c(=O)n2CCN1Cc1ccc(F)cc1. The third-order valence-electron chi connectivity index (χ3n) is 5.75. The van der Waals surface area contributed by atoms with Crippen LogP contribution in [0.4, 0.5) is 4.39 Å². The van der Waals surface area contributed by atoms with Crippen molar-refractivity contribution in [3.8, 4) is 5.75 Å². The molecule has 2 aliphatic rings. The normalized spacial score (nSPS) is 21.9. The van der Waals surface area contributed by atoms with Crippen LogP contribution in [0.3, 0.4) is 0 Å². The monoisotopic (exact) mass is 403 g/mol. The number of hydrogen-bond acceptors (Lipinski definition) is 5. The maximum atomic E-state index is 13.1. The summed E-state index contributed by atoms with van der Waals surface area (Å²) < 4.78 is 15.1.